The number of carboxylic acids is 1. The SMILES string of the molecule is Cc1cc(=O)n2[nH]c(N)c(N=Nc3cccc(C(=O)O)c3)c2n1. The van der Waals surface area contributed by atoms with Crippen LogP contribution < -0.4 is 11.3 Å². The van der Waals surface area contributed by atoms with E-state index < -0.39 is 5.97 Å². The lowest BCUT2D eigenvalue weighted by atomic mass is 10.2. The van der Waals surface area contributed by atoms with Gasteiger partial charge in [0.2, 0.25) is 0 Å². The van der Waals surface area contributed by atoms with Gasteiger partial charge in [0.05, 0.1) is 11.3 Å². The third-order valence-electron chi connectivity index (χ3n) is 3.10. The first-order valence-electron chi connectivity index (χ1n) is 6.58. The third-order valence-corrected chi connectivity index (χ3v) is 3.10. The smallest absolute Gasteiger partial charge is 0.335 e. The number of anilines is 1. The fourth-order valence-corrected chi connectivity index (χ4v) is 2.07. The summed E-state index contributed by atoms with van der Waals surface area (Å²) in [6.07, 6.45) is 0. The number of nitrogens with two attached hydrogens (primary N) is 1. The predicted molar refractivity (Wildman–Crippen MR) is 82.5 cm³/mol. The van der Waals surface area contributed by atoms with Gasteiger partial charge in [-0.1, -0.05) is 6.07 Å². The number of aromatic carboxylic acids is 1. The van der Waals surface area contributed by atoms with Crippen LogP contribution in [0.3, 0.4) is 0 Å². The van der Waals surface area contributed by atoms with Crippen molar-refractivity contribution in [2.24, 2.45) is 10.2 Å². The second-order valence-electron chi connectivity index (χ2n) is 4.82. The van der Waals surface area contributed by atoms with Crippen molar-refractivity contribution in [1.82, 2.24) is 14.6 Å². The summed E-state index contributed by atoms with van der Waals surface area (Å²) < 4.78 is 1.17. The van der Waals surface area contributed by atoms with Gasteiger partial charge < -0.3 is 10.8 Å². The topological polar surface area (TPSA) is 138 Å². The highest BCUT2D eigenvalue weighted by Gasteiger charge is 2.12. The van der Waals surface area contributed by atoms with Gasteiger partial charge in [-0.3, -0.25) is 9.89 Å². The number of carboxylic acid groups (broad SMARTS) is 1. The molecule has 9 nitrogen and oxygen atoms in total. The summed E-state index contributed by atoms with van der Waals surface area (Å²) in [6, 6.07) is 7.35. The van der Waals surface area contributed by atoms with Crippen molar-refractivity contribution >= 4 is 28.8 Å². The lowest BCUT2D eigenvalue weighted by Gasteiger charge is -1.96. The Labute approximate surface area is 129 Å². The number of aryl methyl sites for hydroxylation is 1. The summed E-state index contributed by atoms with van der Waals surface area (Å²) in [4.78, 5) is 27.0. The monoisotopic (exact) mass is 312 g/mol. The number of hydrogen-bond acceptors (Lipinski definition) is 6. The summed E-state index contributed by atoms with van der Waals surface area (Å²) in [6.45, 7) is 1.68. The molecule has 0 amide bonds. The number of aromatic amines is 1. The minimum Gasteiger partial charge on any atom is -0.478 e. The fourth-order valence-electron chi connectivity index (χ4n) is 2.07. The van der Waals surface area contributed by atoms with Crippen LogP contribution >= 0.6 is 0 Å². The van der Waals surface area contributed by atoms with Gasteiger partial charge in [-0.2, -0.15) is 9.63 Å². The molecule has 0 radical (unpaired) electrons. The molecule has 23 heavy (non-hydrogen) atoms. The number of nitrogens with one attached hydrogen (secondary N) is 1. The lowest BCUT2D eigenvalue weighted by Crippen LogP contribution is -2.14. The van der Waals surface area contributed by atoms with Crippen molar-refractivity contribution in [3.8, 4) is 0 Å². The molecule has 3 aromatic rings. The maximum absolute atomic E-state index is 11.9. The van der Waals surface area contributed by atoms with Gasteiger partial charge in [-0.15, -0.1) is 5.11 Å². The van der Waals surface area contributed by atoms with Crippen molar-refractivity contribution in [2.45, 2.75) is 6.92 Å². The normalized spacial score (nSPS) is 11.3. The largest absolute Gasteiger partial charge is 0.478 e. The van der Waals surface area contributed by atoms with E-state index in [4.69, 9.17) is 10.8 Å². The van der Waals surface area contributed by atoms with Gasteiger partial charge >= 0.3 is 5.97 Å². The molecule has 1 aromatic carbocycles. The standard InChI is InChI=1S/C14H12N6O3/c1-7-5-10(21)20-13(16-7)11(12(15)19-20)18-17-9-4-2-3-8(6-9)14(22)23/h2-6,19H,15H2,1H3,(H,22,23). The number of azo groups is 1. The molecule has 0 aliphatic rings. The van der Waals surface area contributed by atoms with E-state index in [-0.39, 0.29) is 28.3 Å². The first-order valence-corrected chi connectivity index (χ1v) is 6.58. The third kappa shape index (κ3) is 2.67. The number of hydrogen-bond donors (Lipinski definition) is 3. The molecule has 2 aromatic heterocycles. The Bertz CT molecular complexity index is 1000. The molecular formula is C14H12N6O3. The number of H-pyrrole nitrogens is 1. The maximum atomic E-state index is 11.9. The Hall–Kier alpha value is -3.49. The Morgan fingerprint density at radius 3 is 2.87 bits per heavy atom. The predicted octanol–water partition coefficient (Wildman–Crippen LogP) is 2.03. The van der Waals surface area contributed by atoms with Crippen LogP contribution in [0, 0.1) is 6.92 Å². The van der Waals surface area contributed by atoms with Crippen molar-refractivity contribution < 1.29 is 9.90 Å². The highest BCUT2D eigenvalue weighted by atomic mass is 16.4. The molecule has 0 aliphatic heterocycles. The molecule has 0 fully saturated rings. The number of fused-ring (bicyclic) bond motifs is 1. The quantitative estimate of drug-likeness (QED) is 0.635. The summed E-state index contributed by atoms with van der Waals surface area (Å²) in [5.74, 6) is -0.921. The second-order valence-corrected chi connectivity index (χ2v) is 4.82. The van der Waals surface area contributed by atoms with Gasteiger partial charge in [0, 0.05) is 11.8 Å². The lowest BCUT2D eigenvalue weighted by molar-refractivity contribution is 0.0697. The number of rotatable bonds is 3. The summed E-state index contributed by atoms with van der Waals surface area (Å²) >= 11 is 0. The van der Waals surface area contributed by atoms with E-state index in [0.29, 0.717) is 11.4 Å². The van der Waals surface area contributed by atoms with Gasteiger partial charge in [0.25, 0.3) is 5.56 Å². The van der Waals surface area contributed by atoms with E-state index in [1.54, 1.807) is 19.1 Å². The Kier molecular flexibility index (Phi) is 3.37. The van der Waals surface area contributed by atoms with Crippen LogP contribution in [0.25, 0.3) is 5.65 Å². The molecular weight excluding hydrogens is 300 g/mol. The Morgan fingerprint density at radius 1 is 1.35 bits per heavy atom. The number of nitrogen functional groups attached to an aromatic ring is 1. The molecule has 4 N–H and O–H groups in total. The van der Waals surface area contributed by atoms with E-state index in [1.807, 2.05) is 0 Å². The molecule has 2 heterocycles. The summed E-state index contributed by atoms with van der Waals surface area (Å²) in [5, 5.41) is 19.6. The molecule has 116 valence electrons. The van der Waals surface area contributed by atoms with Crippen molar-refractivity contribution in [2.75, 3.05) is 5.73 Å². The molecule has 9 heteroatoms. The number of aromatic nitrogens is 3. The van der Waals surface area contributed by atoms with Crippen LogP contribution in [-0.4, -0.2) is 25.7 Å². The Morgan fingerprint density at radius 2 is 2.13 bits per heavy atom. The molecule has 0 atom stereocenters. The van der Waals surface area contributed by atoms with Crippen molar-refractivity contribution in [3.05, 3.63) is 51.9 Å². The van der Waals surface area contributed by atoms with Gasteiger partial charge in [-0.25, -0.2) is 9.78 Å². The average molecular weight is 312 g/mol. The minimum atomic E-state index is -1.06. The van der Waals surface area contributed by atoms with Crippen LogP contribution in [0.2, 0.25) is 0 Å². The molecule has 0 spiro atoms. The van der Waals surface area contributed by atoms with Crippen LogP contribution in [0.5, 0.6) is 0 Å². The molecule has 0 saturated heterocycles. The molecule has 0 aliphatic carbocycles. The minimum absolute atomic E-state index is 0.0959. The van der Waals surface area contributed by atoms with E-state index in [1.165, 1.54) is 22.7 Å². The maximum Gasteiger partial charge on any atom is 0.335 e. The molecule has 0 saturated carbocycles. The first-order chi connectivity index (χ1) is 11.0. The number of carbonyl (C=O) groups is 1. The molecule has 3 rings (SSSR count). The first kappa shape index (κ1) is 14.4. The summed E-state index contributed by atoms with van der Waals surface area (Å²) in [7, 11) is 0. The number of benzene rings is 1. The zero-order valence-corrected chi connectivity index (χ0v) is 12.0. The second kappa shape index (κ2) is 5.37. The van der Waals surface area contributed by atoms with Crippen molar-refractivity contribution in [1.29, 1.82) is 0 Å². The zero-order valence-electron chi connectivity index (χ0n) is 12.0. The highest BCUT2D eigenvalue weighted by molar-refractivity contribution is 5.88. The Balaban J connectivity index is 2.08. The average Bonchev–Trinajstić information content (AvgIpc) is 2.81. The van der Waals surface area contributed by atoms with E-state index in [9.17, 15) is 9.59 Å². The zero-order chi connectivity index (χ0) is 16.6. The molecule has 0 unspecified atom stereocenters. The van der Waals surface area contributed by atoms with Gasteiger partial charge in [0.1, 0.15) is 5.82 Å². The van der Waals surface area contributed by atoms with E-state index in [2.05, 4.69) is 20.3 Å². The van der Waals surface area contributed by atoms with Gasteiger partial charge in [-0.05, 0) is 25.1 Å². The van der Waals surface area contributed by atoms with Crippen LogP contribution in [0.4, 0.5) is 17.2 Å². The highest BCUT2D eigenvalue weighted by Crippen LogP contribution is 2.27. The van der Waals surface area contributed by atoms with Crippen LogP contribution in [-0.2, 0) is 0 Å². The van der Waals surface area contributed by atoms with E-state index in [0.717, 1.165) is 0 Å². The van der Waals surface area contributed by atoms with Crippen LogP contribution in [0.15, 0.2) is 45.4 Å². The van der Waals surface area contributed by atoms with Gasteiger partial charge in [0.15, 0.2) is 11.3 Å². The van der Waals surface area contributed by atoms with Crippen molar-refractivity contribution in [3.63, 3.8) is 0 Å². The van der Waals surface area contributed by atoms with Crippen LogP contribution in [0.1, 0.15) is 16.1 Å². The summed E-state index contributed by atoms with van der Waals surface area (Å²) in [5.41, 5.74) is 6.94. The molecule has 0 bridgehead atoms. The number of nitrogens with zero attached hydrogens (tertiary/aromatic N) is 4. The van der Waals surface area contributed by atoms with E-state index >= 15 is 0 Å². The fraction of sp³-hybridized carbons (Fsp3) is 0.0714.